The molecule has 1 N–H and O–H groups in total. The molecule has 12 atom stereocenters. The molecule has 5 fully saturated rings. The normalized spacial score (nSPS) is 41.4. The maximum Gasteiger partial charge on any atom is 0.338 e. The molecule has 4 saturated heterocycles. The van der Waals surface area contributed by atoms with E-state index >= 15 is 0 Å². The molecule has 0 amide bonds. The van der Waals surface area contributed by atoms with Crippen molar-refractivity contribution in [1.82, 2.24) is 0 Å². The number of aliphatic hydroxyl groups is 1. The SMILES string of the molecule is CO[C@H]1CC2C=C[C@H]3[C@H]4O[C@]2(/C(C)=C/[C@@H](C)[C@@H]([C@@H](C)OC(=O)c2ccc(C[N+]56CC[N+](CC(C)=O)(CC5)CC6)cc2)OC1=O)[C@@H]3[C@H](O)[C@@H](C)[C@H]4OC(=O)C1=CC=CC1. The molecular formula is C46H60N2O10+2. The summed E-state index contributed by atoms with van der Waals surface area (Å²) in [6.45, 7) is 17.0. The van der Waals surface area contributed by atoms with Crippen molar-refractivity contribution in [3.8, 4) is 0 Å². The number of ether oxygens (including phenoxy) is 5. The zero-order chi connectivity index (χ0) is 41.1. The number of allylic oxidation sites excluding steroid dienone is 3. The molecular weight excluding hydrogens is 741 g/mol. The first-order chi connectivity index (χ1) is 27.7. The van der Waals surface area contributed by atoms with Crippen LogP contribution in [0.4, 0.5) is 0 Å². The number of piperazine rings is 3. The monoisotopic (exact) mass is 800 g/mol. The molecule has 1 unspecified atom stereocenters. The molecule has 0 radical (unpaired) electrons. The molecule has 12 heteroatoms. The molecule has 0 aromatic heterocycles. The van der Waals surface area contributed by atoms with Crippen LogP contribution >= 0.6 is 0 Å². The molecule has 5 aliphatic heterocycles. The Morgan fingerprint density at radius 3 is 2.33 bits per heavy atom. The molecule has 1 saturated carbocycles. The number of fused-ring (bicyclic) bond motifs is 3. The molecule has 58 heavy (non-hydrogen) atoms. The van der Waals surface area contributed by atoms with Crippen molar-refractivity contribution < 1.29 is 56.9 Å². The Hall–Kier alpha value is -3.94. The predicted octanol–water partition coefficient (Wildman–Crippen LogP) is 4.26. The van der Waals surface area contributed by atoms with E-state index in [-0.39, 0.29) is 30.0 Å². The third-order valence-electron chi connectivity index (χ3n) is 14.8. The second-order valence-electron chi connectivity index (χ2n) is 18.4. The number of hydrogen-bond donors (Lipinski definition) is 1. The average Bonchev–Trinajstić information content (AvgIpc) is 3.81. The van der Waals surface area contributed by atoms with Gasteiger partial charge in [-0.2, -0.15) is 0 Å². The summed E-state index contributed by atoms with van der Waals surface area (Å²) in [5.41, 5.74) is 2.00. The lowest BCUT2D eigenvalue weighted by Crippen LogP contribution is -2.75. The maximum atomic E-state index is 13.9. The van der Waals surface area contributed by atoms with Crippen molar-refractivity contribution in [2.75, 3.05) is 52.9 Å². The first-order valence-corrected chi connectivity index (χ1v) is 21.2. The molecule has 1 aromatic rings. The number of esters is 3. The fraction of sp³-hybridized carbons (Fsp3) is 0.609. The number of benzene rings is 1. The van der Waals surface area contributed by atoms with Crippen LogP contribution in [0.15, 0.2) is 71.9 Å². The molecule has 312 valence electrons. The summed E-state index contributed by atoms with van der Waals surface area (Å²) >= 11 is 0. The van der Waals surface area contributed by atoms with Crippen LogP contribution in [0.3, 0.4) is 0 Å². The van der Waals surface area contributed by atoms with E-state index in [0.717, 1.165) is 65.9 Å². The highest BCUT2D eigenvalue weighted by Crippen LogP contribution is 2.61. The van der Waals surface area contributed by atoms with Crippen LogP contribution in [0.1, 0.15) is 63.4 Å². The fourth-order valence-corrected chi connectivity index (χ4v) is 11.6. The van der Waals surface area contributed by atoms with Gasteiger partial charge in [0.1, 0.15) is 82.4 Å². The van der Waals surface area contributed by atoms with E-state index in [9.17, 15) is 24.3 Å². The summed E-state index contributed by atoms with van der Waals surface area (Å²) in [6.07, 6.45) is 7.74. The average molecular weight is 801 g/mol. The lowest BCUT2D eigenvalue weighted by molar-refractivity contribution is -1.08. The van der Waals surface area contributed by atoms with E-state index in [2.05, 4.69) is 12.2 Å². The van der Waals surface area contributed by atoms with Gasteiger partial charge in [-0.25, -0.2) is 14.4 Å². The highest BCUT2D eigenvalue weighted by molar-refractivity contribution is 5.90. The zero-order valence-electron chi connectivity index (χ0n) is 34.7. The number of Topliss-reactive ketones (excluding diaryl/α,β-unsaturated/α-hetero) is 1. The quantitative estimate of drug-likeness (QED) is 0.159. The number of quaternary nitrogens is 2. The van der Waals surface area contributed by atoms with Crippen molar-refractivity contribution in [2.24, 2.45) is 29.6 Å². The number of nitrogens with zero attached hydrogens (tertiary/aromatic N) is 2. The predicted molar refractivity (Wildman–Crippen MR) is 213 cm³/mol. The minimum Gasteiger partial charge on any atom is -0.456 e. The summed E-state index contributed by atoms with van der Waals surface area (Å²) in [5.74, 6) is -2.95. The number of carbonyl (C=O) groups is 4. The minimum atomic E-state index is -1.01. The number of methoxy groups -OCH3 is 1. The van der Waals surface area contributed by atoms with Crippen LogP contribution in [0.25, 0.3) is 0 Å². The number of hydrogen-bond acceptors (Lipinski definition) is 10. The van der Waals surface area contributed by atoms with E-state index < -0.39 is 72.0 Å². The van der Waals surface area contributed by atoms with Crippen LogP contribution < -0.4 is 0 Å². The Bertz CT molecular complexity index is 1910. The van der Waals surface area contributed by atoms with Gasteiger partial charge in [-0.1, -0.05) is 62.4 Å². The highest BCUT2D eigenvalue weighted by Gasteiger charge is 2.69. The summed E-state index contributed by atoms with van der Waals surface area (Å²) in [7, 11) is 1.48. The van der Waals surface area contributed by atoms with E-state index in [1.54, 1.807) is 32.1 Å². The Morgan fingerprint density at radius 1 is 1.00 bits per heavy atom. The molecule has 1 spiro atoms. The first kappa shape index (κ1) is 40.8. The van der Waals surface area contributed by atoms with Crippen LogP contribution in [-0.2, 0) is 44.6 Å². The topological polar surface area (TPSA) is 135 Å². The van der Waals surface area contributed by atoms with Gasteiger partial charge in [-0.3, -0.25) is 4.79 Å². The van der Waals surface area contributed by atoms with Crippen LogP contribution in [0.5, 0.6) is 0 Å². The number of rotatable bonds is 10. The summed E-state index contributed by atoms with van der Waals surface area (Å²) in [6, 6.07) is 7.61. The smallest absolute Gasteiger partial charge is 0.338 e. The first-order valence-electron chi connectivity index (χ1n) is 21.2. The lowest BCUT2D eigenvalue weighted by Gasteiger charge is -2.55. The molecule has 9 rings (SSSR count). The van der Waals surface area contributed by atoms with Gasteiger partial charge in [-0.15, -0.1) is 0 Å². The van der Waals surface area contributed by atoms with Crippen molar-refractivity contribution in [3.63, 3.8) is 0 Å². The Morgan fingerprint density at radius 2 is 1.69 bits per heavy atom. The van der Waals surface area contributed by atoms with Crippen molar-refractivity contribution in [1.29, 1.82) is 0 Å². The van der Waals surface area contributed by atoms with Crippen LogP contribution in [-0.4, -0.2) is 133 Å². The van der Waals surface area contributed by atoms with E-state index in [1.807, 2.05) is 51.1 Å². The third kappa shape index (κ3) is 7.12. The maximum absolute atomic E-state index is 13.9. The third-order valence-corrected chi connectivity index (χ3v) is 14.8. The van der Waals surface area contributed by atoms with Gasteiger partial charge in [0, 0.05) is 54.8 Å². The fourth-order valence-electron chi connectivity index (χ4n) is 11.6. The number of carbonyl (C=O) groups excluding carboxylic acids is 4. The van der Waals surface area contributed by atoms with Crippen LogP contribution in [0.2, 0.25) is 0 Å². The Kier molecular flexibility index (Phi) is 11.0. The molecule has 3 aliphatic carbocycles. The minimum absolute atomic E-state index is 0.215. The zero-order valence-corrected chi connectivity index (χ0v) is 34.7. The molecule has 8 aliphatic rings. The van der Waals surface area contributed by atoms with Gasteiger partial charge in [-0.05, 0) is 44.4 Å². The molecule has 12 nitrogen and oxygen atoms in total. The summed E-state index contributed by atoms with van der Waals surface area (Å²) in [4.78, 5) is 52.7. The van der Waals surface area contributed by atoms with Crippen molar-refractivity contribution in [2.45, 2.75) is 96.2 Å². The van der Waals surface area contributed by atoms with E-state index in [4.69, 9.17) is 23.7 Å². The molecule has 5 heterocycles. The van der Waals surface area contributed by atoms with E-state index in [0.29, 0.717) is 24.1 Å². The van der Waals surface area contributed by atoms with Gasteiger partial charge < -0.3 is 37.8 Å². The molecule has 6 bridgehead atoms. The summed E-state index contributed by atoms with van der Waals surface area (Å²) in [5, 5.41) is 12.1. The highest BCUT2D eigenvalue weighted by atomic mass is 16.6. The number of ketones is 1. The van der Waals surface area contributed by atoms with Gasteiger partial charge in [0.15, 0.2) is 11.9 Å². The second-order valence-corrected chi connectivity index (χ2v) is 18.4. The standard InChI is InChI=1S/C46H60N2O10/c1-27-23-28(2)46-35(15-16-36-38(46)39(50)30(4)41(42(36)58-46)57-44(52)33-9-7-8-10-33)24-37(54-6)45(53)56-40(27)31(5)55-43(51)34-13-11-32(12-14-34)26-48-20-17-47(18-21-48,19-22-48)25-29(3)49/h7-9,11-16,23,27,30-31,35-42,50H,10,17-22,24-26H2,1-6H3/q+2/b28-23+/t27-,30-,31-,35?,36-,37+,38+,39-,40+,41-,42-,46+,47?,48?/m1/s1. The Labute approximate surface area is 341 Å². The second kappa shape index (κ2) is 15.6. The van der Waals surface area contributed by atoms with Gasteiger partial charge in [0.2, 0.25) is 0 Å². The number of aliphatic hydroxyl groups excluding tert-OH is 1. The summed E-state index contributed by atoms with van der Waals surface area (Å²) < 4.78 is 33.2. The van der Waals surface area contributed by atoms with Crippen molar-refractivity contribution >= 4 is 23.7 Å². The molecule has 1 aromatic carbocycles. The number of cyclic esters (lactones) is 1. The Balaban J connectivity index is 0.992. The van der Waals surface area contributed by atoms with Gasteiger partial charge >= 0.3 is 17.9 Å². The largest absolute Gasteiger partial charge is 0.456 e. The van der Waals surface area contributed by atoms with Crippen molar-refractivity contribution in [3.05, 3.63) is 83.0 Å². The van der Waals surface area contributed by atoms with Gasteiger partial charge in [0.25, 0.3) is 0 Å². The van der Waals surface area contributed by atoms with E-state index in [1.165, 1.54) is 7.11 Å². The van der Waals surface area contributed by atoms with Gasteiger partial charge in [0.05, 0.1) is 11.7 Å². The lowest BCUT2D eigenvalue weighted by atomic mass is 9.57. The van der Waals surface area contributed by atoms with Crippen LogP contribution in [0, 0.1) is 29.6 Å².